The van der Waals surface area contributed by atoms with Gasteiger partial charge in [-0.2, -0.15) is 9.90 Å². The number of amides is 1. The molecule has 1 atom stereocenters. The van der Waals surface area contributed by atoms with Crippen molar-refractivity contribution < 1.29 is 23.8 Å². The Hall–Kier alpha value is -3.11. The summed E-state index contributed by atoms with van der Waals surface area (Å²) in [5.41, 5.74) is 4.39. The first-order valence-corrected chi connectivity index (χ1v) is 14.8. The molecule has 0 saturated heterocycles. The fourth-order valence-corrected chi connectivity index (χ4v) is 5.45. The van der Waals surface area contributed by atoms with Gasteiger partial charge in [0.1, 0.15) is 11.5 Å². The summed E-state index contributed by atoms with van der Waals surface area (Å²) in [5, 5.41) is 0. The lowest BCUT2D eigenvalue weighted by Crippen LogP contribution is -2.30. The van der Waals surface area contributed by atoms with Crippen molar-refractivity contribution >= 4 is 30.1 Å². The fraction of sp³-hybridized carbons (Fsp3) is 0.242. The van der Waals surface area contributed by atoms with Gasteiger partial charge in [0.25, 0.3) is 5.91 Å². The summed E-state index contributed by atoms with van der Waals surface area (Å²) in [7, 11) is -2.46. The van der Waals surface area contributed by atoms with Crippen molar-refractivity contribution in [3.05, 3.63) is 125 Å². The van der Waals surface area contributed by atoms with E-state index in [1.165, 1.54) is 37.7 Å². The maximum atomic E-state index is 13.9. The molecule has 0 radical (unpaired) electrons. The number of ether oxygens (including phenoxy) is 1. The molecular formula is C33H37NO5P2. The van der Waals surface area contributed by atoms with E-state index >= 15 is 0 Å². The van der Waals surface area contributed by atoms with Crippen LogP contribution in [0.4, 0.5) is 5.69 Å². The third-order valence-electron chi connectivity index (χ3n) is 7.29. The number of anilines is 1. The minimum absolute atomic E-state index is 0. The van der Waals surface area contributed by atoms with Crippen molar-refractivity contribution in [1.29, 1.82) is 0 Å². The van der Waals surface area contributed by atoms with Gasteiger partial charge in [-0.1, -0.05) is 73.9 Å². The minimum Gasteiger partial charge on any atom is -0.457 e. The van der Waals surface area contributed by atoms with Crippen LogP contribution in [0.15, 0.2) is 103 Å². The maximum Gasteiger partial charge on any atom is 0.327 e. The molecule has 6 nitrogen and oxygen atoms in total. The molecule has 1 saturated carbocycles. The summed E-state index contributed by atoms with van der Waals surface area (Å²) < 4.78 is 10.9. The van der Waals surface area contributed by atoms with Gasteiger partial charge in [0, 0.05) is 11.3 Å². The van der Waals surface area contributed by atoms with E-state index in [-0.39, 0.29) is 22.4 Å². The van der Waals surface area contributed by atoms with Crippen LogP contribution in [0.1, 0.15) is 65.1 Å². The van der Waals surface area contributed by atoms with Crippen LogP contribution in [-0.2, 0) is 17.7 Å². The number of hydrogen-bond donors (Lipinski definition) is 2. The molecule has 1 amide bonds. The highest BCUT2D eigenvalue weighted by molar-refractivity contribution is 7.39. The second kappa shape index (κ2) is 15.2. The molecule has 1 unspecified atom stereocenters. The Kier molecular flexibility index (Phi) is 11.4. The Labute approximate surface area is 246 Å². The Balaban J connectivity index is 0.00000387. The second-order valence-corrected chi connectivity index (χ2v) is 10.9. The van der Waals surface area contributed by atoms with Gasteiger partial charge >= 0.3 is 8.60 Å². The number of carbonyl (C=O) groups excluding carboxylic acids is 1. The van der Waals surface area contributed by atoms with Gasteiger partial charge in [-0.05, 0) is 84.0 Å². The lowest BCUT2D eigenvalue weighted by molar-refractivity contribution is 0.0985. The van der Waals surface area contributed by atoms with Crippen molar-refractivity contribution in [2.45, 2.75) is 51.2 Å². The van der Waals surface area contributed by atoms with Crippen LogP contribution in [0, 0.1) is 0 Å². The van der Waals surface area contributed by atoms with E-state index in [0.717, 1.165) is 16.9 Å². The monoisotopic (exact) mass is 589 g/mol. The number of nitrogens with zero attached hydrogens (tertiary/aromatic N) is 1. The zero-order chi connectivity index (χ0) is 27.7. The summed E-state index contributed by atoms with van der Waals surface area (Å²) in [6.07, 6.45) is 6.39. The zero-order valence-corrected chi connectivity index (χ0v) is 25.4. The van der Waals surface area contributed by atoms with E-state index in [1.54, 1.807) is 29.2 Å². The molecule has 0 heterocycles. The number of rotatable bonds is 10. The summed E-state index contributed by atoms with van der Waals surface area (Å²) in [6.45, 7) is 0.430. The summed E-state index contributed by atoms with van der Waals surface area (Å²) >= 11 is 0. The third-order valence-corrected chi connectivity index (χ3v) is 7.65. The molecule has 2 N–H and O–H groups in total. The van der Waals surface area contributed by atoms with Crippen LogP contribution < -0.4 is 9.64 Å². The standard InChI is InChI=1S/C33H34NO5P.H3P/c35-33(29-18-20-32(21-19-29)39-31-12-5-2-6-13-31)34(30-11-7-8-26(22-30)24-38-40(36)37)23-25-14-16-28(17-15-25)27-9-3-1-4-10-27;/h2,5-8,11-22,27,36-37H,1,3-4,9-10,23-24H2;1H3. The molecule has 5 rings (SSSR count). The Morgan fingerprint density at radius 1 is 0.780 bits per heavy atom. The molecule has 1 fully saturated rings. The van der Waals surface area contributed by atoms with Crippen LogP contribution in [0.2, 0.25) is 0 Å². The Morgan fingerprint density at radius 2 is 1.46 bits per heavy atom. The summed E-state index contributed by atoms with van der Waals surface area (Å²) in [4.78, 5) is 34.0. The molecule has 0 bridgehead atoms. The van der Waals surface area contributed by atoms with Crippen molar-refractivity contribution in [3.63, 3.8) is 0 Å². The van der Waals surface area contributed by atoms with Gasteiger partial charge in [0.05, 0.1) is 13.2 Å². The van der Waals surface area contributed by atoms with Crippen LogP contribution >= 0.6 is 18.5 Å². The highest BCUT2D eigenvalue weighted by Crippen LogP contribution is 2.33. The summed E-state index contributed by atoms with van der Waals surface area (Å²) in [5.74, 6) is 1.86. The molecule has 0 aliphatic heterocycles. The van der Waals surface area contributed by atoms with Gasteiger partial charge in [0.15, 0.2) is 0 Å². The molecular weight excluding hydrogens is 552 g/mol. The van der Waals surface area contributed by atoms with Gasteiger partial charge in [-0.15, -0.1) is 0 Å². The number of carbonyl (C=O) groups is 1. The van der Waals surface area contributed by atoms with E-state index in [2.05, 4.69) is 24.3 Å². The highest BCUT2D eigenvalue weighted by atomic mass is 31.2. The van der Waals surface area contributed by atoms with E-state index < -0.39 is 8.60 Å². The average Bonchev–Trinajstić information content (AvgIpc) is 3.00. The molecule has 1 aliphatic carbocycles. The predicted molar refractivity (Wildman–Crippen MR) is 169 cm³/mol. The largest absolute Gasteiger partial charge is 0.457 e. The first kappa shape index (κ1) is 30.8. The lowest BCUT2D eigenvalue weighted by Gasteiger charge is -2.25. The third kappa shape index (κ3) is 8.69. The molecule has 0 aromatic heterocycles. The quantitative estimate of drug-likeness (QED) is 0.183. The van der Waals surface area contributed by atoms with E-state index in [9.17, 15) is 14.6 Å². The van der Waals surface area contributed by atoms with Gasteiger partial charge in [-0.3, -0.25) is 4.79 Å². The van der Waals surface area contributed by atoms with Crippen LogP contribution in [0.25, 0.3) is 0 Å². The van der Waals surface area contributed by atoms with Crippen LogP contribution in [0.5, 0.6) is 11.5 Å². The Bertz CT molecular complexity index is 1380. The maximum absolute atomic E-state index is 13.9. The zero-order valence-electron chi connectivity index (χ0n) is 23.1. The van der Waals surface area contributed by atoms with E-state index in [4.69, 9.17) is 9.26 Å². The topological polar surface area (TPSA) is 79.2 Å². The van der Waals surface area contributed by atoms with Crippen molar-refractivity contribution in [3.8, 4) is 11.5 Å². The normalized spacial score (nSPS) is 13.4. The average molecular weight is 590 g/mol. The highest BCUT2D eigenvalue weighted by Gasteiger charge is 2.20. The van der Waals surface area contributed by atoms with E-state index in [0.29, 0.717) is 29.5 Å². The Morgan fingerprint density at radius 3 is 2.15 bits per heavy atom. The van der Waals surface area contributed by atoms with Gasteiger partial charge in [-0.25, -0.2) is 0 Å². The lowest BCUT2D eigenvalue weighted by atomic mass is 9.84. The minimum atomic E-state index is -2.46. The number of para-hydroxylation sites is 1. The first-order valence-electron chi connectivity index (χ1n) is 13.7. The van der Waals surface area contributed by atoms with Crippen molar-refractivity contribution in [2.24, 2.45) is 0 Å². The molecule has 8 heteroatoms. The van der Waals surface area contributed by atoms with E-state index in [1.807, 2.05) is 54.6 Å². The second-order valence-electron chi connectivity index (χ2n) is 10.1. The summed E-state index contributed by atoms with van der Waals surface area (Å²) in [6, 6.07) is 32.7. The van der Waals surface area contributed by atoms with Gasteiger partial charge < -0.3 is 23.9 Å². The molecule has 0 spiro atoms. The molecule has 1 aliphatic rings. The van der Waals surface area contributed by atoms with Crippen molar-refractivity contribution in [2.75, 3.05) is 4.90 Å². The first-order chi connectivity index (χ1) is 19.5. The van der Waals surface area contributed by atoms with Crippen LogP contribution in [0.3, 0.4) is 0 Å². The van der Waals surface area contributed by atoms with Crippen LogP contribution in [-0.4, -0.2) is 15.7 Å². The smallest absolute Gasteiger partial charge is 0.327 e. The molecule has 214 valence electrons. The molecule has 4 aromatic carbocycles. The molecule has 4 aromatic rings. The number of benzene rings is 4. The fourth-order valence-electron chi connectivity index (χ4n) is 5.19. The van der Waals surface area contributed by atoms with Gasteiger partial charge in [0.2, 0.25) is 0 Å². The molecule has 41 heavy (non-hydrogen) atoms. The number of hydrogen-bond acceptors (Lipinski definition) is 5. The predicted octanol–water partition coefficient (Wildman–Crippen LogP) is 8.16. The SMILES string of the molecule is O=C(c1ccc(Oc2ccccc2)cc1)N(Cc1ccc(C2CCCCC2)cc1)c1cccc(COP(O)O)c1.P. The van der Waals surface area contributed by atoms with Crippen molar-refractivity contribution in [1.82, 2.24) is 0 Å².